The molecule has 1 heterocycles. The van der Waals surface area contributed by atoms with Crippen LogP contribution >= 0.6 is 11.6 Å². The van der Waals surface area contributed by atoms with Gasteiger partial charge in [0.1, 0.15) is 0 Å². The van der Waals surface area contributed by atoms with E-state index >= 15 is 0 Å². The molecule has 2 rings (SSSR count). The van der Waals surface area contributed by atoms with Crippen LogP contribution in [0.5, 0.6) is 0 Å². The topological polar surface area (TPSA) is 97.0 Å². The van der Waals surface area contributed by atoms with Crippen molar-refractivity contribution in [3.8, 4) is 0 Å². The maximum absolute atomic E-state index is 9.06. The van der Waals surface area contributed by atoms with Crippen LogP contribution in [0.4, 0.5) is 11.9 Å². The van der Waals surface area contributed by atoms with Crippen LogP contribution in [0.15, 0.2) is 0 Å². The van der Waals surface area contributed by atoms with Gasteiger partial charge in [-0.05, 0) is 24.4 Å². The minimum absolute atomic E-state index is 0.0498. The molecule has 7 heteroatoms. The standard InChI is InChI=1S/C7H10ClN5O/c8-4-10-5(9)12-6(11-4)13-7(3-14)1-2-7/h14H,1-3H2,(H3,9,10,11,12,13). The predicted molar refractivity (Wildman–Crippen MR) is 51.9 cm³/mol. The van der Waals surface area contributed by atoms with E-state index < -0.39 is 0 Å². The second-order valence-electron chi connectivity index (χ2n) is 3.35. The smallest absolute Gasteiger partial charge is 0.229 e. The average molecular weight is 216 g/mol. The van der Waals surface area contributed by atoms with E-state index in [1.54, 1.807) is 0 Å². The fourth-order valence-corrected chi connectivity index (χ4v) is 1.30. The molecule has 0 radical (unpaired) electrons. The average Bonchev–Trinajstić information content (AvgIpc) is 2.83. The third kappa shape index (κ3) is 1.85. The molecule has 0 spiro atoms. The molecule has 0 bridgehead atoms. The van der Waals surface area contributed by atoms with Crippen molar-refractivity contribution in [1.82, 2.24) is 15.0 Å². The summed E-state index contributed by atoms with van der Waals surface area (Å²) in [4.78, 5) is 11.3. The maximum atomic E-state index is 9.06. The van der Waals surface area contributed by atoms with Gasteiger partial charge in [0.2, 0.25) is 17.2 Å². The number of hydrogen-bond acceptors (Lipinski definition) is 6. The molecular weight excluding hydrogens is 206 g/mol. The van der Waals surface area contributed by atoms with Crippen LogP contribution < -0.4 is 11.1 Å². The zero-order valence-electron chi connectivity index (χ0n) is 7.37. The number of halogens is 1. The number of nitrogens with two attached hydrogens (primary N) is 1. The fraction of sp³-hybridized carbons (Fsp3) is 0.571. The molecule has 1 aliphatic rings. The van der Waals surface area contributed by atoms with Gasteiger partial charge in [-0.15, -0.1) is 0 Å². The lowest BCUT2D eigenvalue weighted by molar-refractivity contribution is 0.265. The maximum Gasteiger partial charge on any atom is 0.229 e. The summed E-state index contributed by atoms with van der Waals surface area (Å²) in [7, 11) is 0. The number of rotatable bonds is 3. The predicted octanol–water partition coefficient (Wildman–Crippen LogP) is 0.0440. The Morgan fingerprint density at radius 2 is 2.14 bits per heavy atom. The number of nitrogens with one attached hydrogen (secondary N) is 1. The zero-order chi connectivity index (χ0) is 10.2. The summed E-state index contributed by atoms with van der Waals surface area (Å²) in [5, 5.41) is 12.1. The summed E-state index contributed by atoms with van der Waals surface area (Å²) < 4.78 is 0. The summed E-state index contributed by atoms with van der Waals surface area (Å²) in [6, 6.07) is 0. The second-order valence-corrected chi connectivity index (χ2v) is 3.69. The van der Waals surface area contributed by atoms with Gasteiger partial charge >= 0.3 is 0 Å². The molecule has 0 atom stereocenters. The highest BCUT2D eigenvalue weighted by atomic mass is 35.5. The van der Waals surface area contributed by atoms with E-state index in [0.717, 1.165) is 12.8 Å². The normalized spacial score (nSPS) is 17.9. The number of aliphatic hydroxyl groups excluding tert-OH is 1. The zero-order valence-corrected chi connectivity index (χ0v) is 8.12. The third-order valence-electron chi connectivity index (χ3n) is 2.16. The van der Waals surface area contributed by atoms with Crippen molar-refractivity contribution in [2.45, 2.75) is 18.4 Å². The lowest BCUT2D eigenvalue weighted by Gasteiger charge is -2.13. The Bertz CT molecular complexity index is 334. The van der Waals surface area contributed by atoms with Crippen molar-refractivity contribution in [1.29, 1.82) is 0 Å². The SMILES string of the molecule is Nc1nc(Cl)nc(NC2(CO)CC2)n1. The lowest BCUT2D eigenvalue weighted by atomic mass is 10.3. The highest BCUT2D eigenvalue weighted by Crippen LogP contribution is 2.37. The largest absolute Gasteiger partial charge is 0.394 e. The molecule has 0 unspecified atom stereocenters. The summed E-state index contributed by atoms with van der Waals surface area (Å²) in [5.74, 6) is 0.385. The van der Waals surface area contributed by atoms with Crippen molar-refractivity contribution in [2.24, 2.45) is 0 Å². The summed E-state index contributed by atoms with van der Waals surface area (Å²) >= 11 is 5.60. The Hall–Kier alpha value is -1.14. The first kappa shape index (κ1) is 9.42. The third-order valence-corrected chi connectivity index (χ3v) is 2.33. The molecule has 0 aromatic carbocycles. The summed E-state index contributed by atoms with van der Waals surface area (Å²) in [6.45, 7) is 0.0518. The molecule has 4 N–H and O–H groups in total. The van der Waals surface area contributed by atoms with Crippen LogP contribution in [0, 0.1) is 0 Å². The molecule has 0 amide bonds. The molecule has 1 aromatic heterocycles. The lowest BCUT2D eigenvalue weighted by Crippen LogP contribution is -2.27. The number of anilines is 2. The van der Waals surface area contributed by atoms with Gasteiger partial charge in [-0.1, -0.05) is 0 Å². The monoisotopic (exact) mass is 215 g/mol. The van der Waals surface area contributed by atoms with Crippen molar-refractivity contribution in [3.63, 3.8) is 0 Å². The molecule has 0 saturated heterocycles. The molecule has 1 fully saturated rings. The Kier molecular flexibility index (Phi) is 2.16. The number of nitrogens with zero attached hydrogens (tertiary/aromatic N) is 3. The van der Waals surface area contributed by atoms with E-state index in [2.05, 4.69) is 20.3 Å². The van der Waals surface area contributed by atoms with Gasteiger partial charge in [-0.2, -0.15) is 15.0 Å². The van der Waals surface area contributed by atoms with Crippen LogP contribution in [-0.2, 0) is 0 Å². The number of hydrogen-bond donors (Lipinski definition) is 3. The first-order valence-electron chi connectivity index (χ1n) is 4.20. The minimum atomic E-state index is -0.281. The van der Waals surface area contributed by atoms with Gasteiger partial charge in [-0.25, -0.2) is 0 Å². The van der Waals surface area contributed by atoms with Crippen molar-refractivity contribution >= 4 is 23.5 Å². The van der Waals surface area contributed by atoms with Gasteiger partial charge in [0.25, 0.3) is 0 Å². The Balaban J connectivity index is 2.16. The molecule has 76 valence electrons. The van der Waals surface area contributed by atoms with Gasteiger partial charge in [0, 0.05) is 0 Å². The Morgan fingerprint density at radius 1 is 1.43 bits per heavy atom. The van der Waals surface area contributed by atoms with Gasteiger partial charge in [0.05, 0.1) is 12.1 Å². The van der Waals surface area contributed by atoms with E-state index in [1.165, 1.54) is 0 Å². The molecule has 1 saturated carbocycles. The van der Waals surface area contributed by atoms with E-state index in [-0.39, 0.29) is 23.4 Å². The minimum Gasteiger partial charge on any atom is -0.394 e. The van der Waals surface area contributed by atoms with Gasteiger partial charge in [0.15, 0.2) is 0 Å². The van der Waals surface area contributed by atoms with E-state index in [9.17, 15) is 0 Å². The highest BCUT2D eigenvalue weighted by molar-refractivity contribution is 6.28. The van der Waals surface area contributed by atoms with Crippen molar-refractivity contribution in [2.75, 3.05) is 17.7 Å². The quantitative estimate of drug-likeness (QED) is 0.659. The van der Waals surface area contributed by atoms with Crippen LogP contribution in [-0.4, -0.2) is 32.2 Å². The van der Waals surface area contributed by atoms with Crippen molar-refractivity contribution in [3.05, 3.63) is 5.28 Å². The molecule has 0 aliphatic heterocycles. The van der Waals surface area contributed by atoms with Crippen LogP contribution in [0.1, 0.15) is 12.8 Å². The Labute approximate surface area is 85.5 Å². The van der Waals surface area contributed by atoms with Crippen LogP contribution in [0.3, 0.4) is 0 Å². The van der Waals surface area contributed by atoms with E-state index in [4.69, 9.17) is 22.4 Å². The van der Waals surface area contributed by atoms with E-state index in [0.29, 0.717) is 5.95 Å². The highest BCUT2D eigenvalue weighted by Gasteiger charge is 2.42. The van der Waals surface area contributed by atoms with Gasteiger partial charge < -0.3 is 16.2 Å². The number of aliphatic hydroxyl groups is 1. The van der Waals surface area contributed by atoms with Crippen LogP contribution in [0.2, 0.25) is 5.28 Å². The molecule has 1 aromatic rings. The fourth-order valence-electron chi connectivity index (χ4n) is 1.13. The first-order chi connectivity index (χ1) is 6.63. The second kappa shape index (κ2) is 3.21. The molecule has 14 heavy (non-hydrogen) atoms. The van der Waals surface area contributed by atoms with Gasteiger partial charge in [-0.3, -0.25) is 0 Å². The number of nitrogen functional groups attached to an aromatic ring is 1. The number of aromatic nitrogens is 3. The summed E-state index contributed by atoms with van der Waals surface area (Å²) in [6.07, 6.45) is 1.79. The molecule has 1 aliphatic carbocycles. The summed E-state index contributed by atoms with van der Waals surface area (Å²) in [5.41, 5.74) is 5.11. The molecule has 6 nitrogen and oxygen atoms in total. The molecular formula is C7H10ClN5O. The first-order valence-corrected chi connectivity index (χ1v) is 4.57. The Morgan fingerprint density at radius 3 is 2.64 bits per heavy atom. The van der Waals surface area contributed by atoms with Crippen LogP contribution in [0.25, 0.3) is 0 Å². The van der Waals surface area contributed by atoms with E-state index in [1.807, 2.05) is 0 Å². The van der Waals surface area contributed by atoms with Crippen molar-refractivity contribution < 1.29 is 5.11 Å².